The number of ether oxygens (including phenoxy) is 1. The first-order valence-corrected chi connectivity index (χ1v) is 9.92. The second-order valence-corrected chi connectivity index (χ2v) is 7.40. The molecule has 0 spiro atoms. The van der Waals surface area contributed by atoms with Gasteiger partial charge in [0, 0.05) is 48.3 Å². The van der Waals surface area contributed by atoms with E-state index in [2.05, 4.69) is 15.2 Å². The van der Waals surface area contributed by atoms with Gasteiger partial charge < -0.3 is 15.0 Å². The van der Waals surface area contributed by atoms with Gasteiger partial charge >= 0.3 is 0 Å². The van der Waals surface area contributed by atoms with Crippen LogP contribution >= 0.6 is 22.9 Å². The number of aromatic nitrogens is 1. The molecule has 1 N–H and O–H groups in total. The lowest BCUT2D eigenvalue weighted by molar-refractivity contribution is -0.117. The van der Waals surface area contributed by atoms with Crippen LogP contribution in [0.4, 0.5) is 5.13 Å². The first-order valence-electron chi connectivity index (χ1n) is 8.66. The molecule has 0 aliphatic carbocycles. The molecule has 2 amide bonds. The van der Waals surface area contributed by atoms with Crippen LogP contribution in [-0.2, 0) is 9.53 Å². The average molecular weight is 409 g/mol. The molecule has 1 aromatic carbocycles. The predicted molar refractivity (Wildman–Crippen MR) is 105 cm³/mol. The van der Waals surface area contributed by atoms with E-state index >= 15 is 0 Å². The van der Waals surface area contributed by atoms with Crippen molar-refractivity contribution >= 4 is 39.9 Å². The molecule has 144 valence electrons. The smallest absolute Gasteiger partial charge is 0.254 e. The van der Waals surface area contributed by atoms with Gasteiger partial charge in [-0.2, -0.15) is 0 Å². The molecular weight excluding hydrogens is 388 g/mol. The van der Waals surface area contributed by atoms with Crippen LogP contribution in [0.25, 0.3) is 0 Å². The third-order valence-electron chi connectivity index (χ3n) is 4.18. The van der Waals surface area contributed by atoms with Gasteiger partial charge in [-0.25, -0.2) is 4.98 Å². The summed E-state index contributed by atoms with van der Waals surface area (Å²) in [6.45, 7) is 4.14. The Labute approximate surface area is 166 Å². The average Bonchev–Trinajstić information content (AvgIpc) is 3.19. The van der Waals surface area contributed by atoms with Gasteiger partial charge in [-0.15, -0.1) is 11.3 Å². The number of carbonyl (C=O) groups is 2. The SMILES string of the molecule is O=C(CN(CCN1CCOCC1)C(=O)c1ccc(Cl)cc1)Nc1nccs1. The van der Waals surface area contributed by atoms with E-state index in [1.54, 1.807) is 40.7 Å². The van der Waals surface area contributed by atoms with E-state index < -0.39 is 0 Å². The minimum atomic E-state index is -0.269. The number of thiazole rings is 1. The van der Waals surface area contributed by atoms with Gasteiger partial charge in [-0.05, 0) is 24.3 Å². The zero-order valence-electron chi connectivity index (χ0n) is 14.8. The number of benzene rings is 1. The molecule has 1 aliphatic rings. The van der Waals surface area contributed by atoms with Crippen LogP contribution in [0.3, 0.4) is 0 Å². The van der Waals surface area contributed by atoms with E-state index in [1.165, 1.54) is 11.3 Å². The number of rotatable bonds is 7. The van der Waals surface area contributed by atoms with Gasteiger partial charge in [0.2, 0.25) is 5.91 Å². The topological polar surface area (TPSA) is 74.8 Å². The van der Waals surface area contributed by atoms with Crippen molar-refractivity contribution in [2.45, 2.75) is 0 Å². The molecule has 3 rings (SSSR count). The highest BCUT2D eigenvalue weighted by Gasteiger charge is 2.21. The first-order chi connectivity index (χ1) is 13.1. The standard InChI is InChI=1S/C18H21ClN4O3S/c19-15-3-1-14(2-4-15)17(25)23(7-6-22-8-10-26-11-9-22)13-16(24)21-18-20-5-12-27-18/h1-5,12H,6-11,13H2,(H,20,21,24). The Morgan fingerprint density at radius 3 is 2.67 bits per heavy atom. The van der Waals surface area contributed by atoms with Crippen LogP contribution in [0.2, 0.25) is 5.02 Å². The number of hydrogen-bond donors (Lipinski definition) is 1. The zero-order valence-corrected chi connectivity index (χ0v) is 16.3. The highest BCUT2D eigenvalue weighted by Crippen LogP contribution is 2.13. The van der Waals surface area contributed by atoms with Crippen molar-refractivity contribution in [2.75, 3.05) is 51.3 Å². The number of hydrogen-bond acceptors (Lipinski definition) is 6. The lowest BCUT2D eigenvalue weighted by Gasteiger charge is -2.30. The molecule has 1 aromatic heterocycles. The summed E-state index contributed by atoms with van der Waals surface area (Å²) in [5.41, 5.74) is 0.503. The van der Waals surface area contributed by atoms with E-state index in [-0.39, 0.29) is 18.4 Å². The molecule has 0 unspecified atom stereocenters. The minimum absolute atomic E-state index is 0.0363. The van der Waals surface area contributed by atoms with Crippen LogP contribution in [0, 0.1) is 0 Å². The van der Waals surface area contributed by atoms with Gasteiger partial charge in [0.05, 0.1) is 13.2 Å². The fourth-order valence-corrected chi connectivity index (χ4v) is 3.40. The van der Waals surface area contributed by atoms with Gasteiger partial charge in [-0.3, -0.25) is 14.5 Å². The van der Waals surface area contributed by atoms with Crippen LogP contribution in [0.5, 0.6) is 0 Å². The highest BCUT2D eigenvalue weighted by atomic mass is 35.5. The van der Waals surface area contributed by atoms with Crippen molar-refractivity contribution in [3.63, 3.8) is 0 Å². The Morgan fingerprint density at radius 1 is 1.26 bits per heavy atom. The molecule has 0 radical (unpaired) electrons. The summed E-state index contributed by atoms with van der Waals surface area (Å²) < 4.78 is 5.35. The Balaban J connectivity index is 1.65. The molecule has 0 bridgehead atoms. The third-order valence-corrected chi connectivity index (χ3v) is 5.12. The van der Waals surface area contributed by atoms with Crippen LogP contribution in [0.15, 0.2) is 35.8 Å². The minimum Gasteiger partial charge on any atom is -0.379 e. The van der Waals surface area contributed by atoms with Gasteiger partial charge in [0.15, 0.2) is 5.13 Å². The normalized spacial score (nSPS) is 14.7. The van der Waals surface area contributed by atoms with Crippen LogP contribution < -0.4 is 5.32 Å². The largest absolute Gasteiger partial charge is 0.379 e. The first kappa shape index (κ1) is 19.8. The van der Waals surface area contributed by atoms with E-state index in [0.717, 1.165) is 13.1 Å². The van der Waals surface area contributed by atoms with Crippen molar-refractivity contribution in [3.05, 3.63) is 46.4 Å². The number of carbonyl (C=O) groups excluding carboxylic acids is 2. The monoisotopic (exact) mass is 408 g/mol. The lowest BCUT2D eigenvalue weighted by atomic mass is 10.2. The van der Waals surface area contributed by atoms with Gasteiger partial charge in [0.25, 0.3) is 5.91 Å². The highest BCUT2D eigenvalue weighted by molar-refractivity contribution is 7.13. The molecule has 2 heterocycles. The fraction of sp³-hybridized carbons (Fsp3) is 0.389. The molecule has 1 saturated heterocycles. The number of morpholine rings is 1. The number of nitrogens with zero attached hydrogens (tertiary/aromatic N) is 3. The zero-order chi connectivity index (χ0) is 19.1. The summed E-state index contributed by atoms with van der Waals surface area (Å²) in [5.74, 6) is -0.469. The number of nitrogens with one attached hydrogen (secondary N) is 1. The second kappa shape index (κ2) is 9.80. The summed E-state index contributed by atoms with van der Waals surface area (Å²) in [6.07, 6.45) is 1.62. The summed E-state index contributed by atoms with van der Waals surface area (Å²) in [4.78, 5) is 33.1. The van der Waals surface area contributed by atoms with E-state index in [1.807, 2.05) is 0 Å². The molecule has 27 heavy (non-hydrogen) atoms. The molecule has 9 heteroatoms. The predicted octanol–water partition coefficient (Wildman–Crippen LogP) is 2.21. The second-order valence-electron chi connectivity index (χ2n) is 6.07. The number of anilines is 1. The molecule has 0 saturated carbocycles. The van der Waals surface area contributed by atoms with Crippen molar-refractivity contribution in [1.29, 1.82) is 0 Å². The van der Waals surface area contributed by atoms with Crippen molar-refractivity contribution in [3.8, 4) is 0 Å². The maximum Gasteiger partial charge on any atom is 0.254 e. The Morgan fingerprint density at radius 2 is 2.00 bits per heavy atom. The Kier molecular flexibility index (Phi) is 7.17. The lowest BCUT2D eigenvalue weighted by Crippen LogP contribution is -2.45. The number of halogens is 1. The van der Waals surface area contributed by atoms with Crippen molar-refractivity contribution < 1.29 is 14.3 Å². The van der Waals surface area contributed by atoms with Crippen molar-refractivity contribution in [2.24, 2.45) is 0 Å². The van der Waals surface area contributed by atoms with Crippen molar-refractivity contribution in [1.82, 2.24) is 14.8 Å². The molecule has 7 nitrogen and oxygen atoms in total. The molecule has 2 aromatic rings. The Bertz CT molecular complexity index is 748. The van der Waals surface area contributed by atoms with Gasteiger partial charge in [0.1, 0.15) is 6.54 Å². The van der Waals surface area contributed by atoms with E-state index in [9.17, 15) is 9.59 Å². The molecule has 0 atom stereocenters. The molecule has 1 aliphatic heterocycles. The quantitative estimate of drug-likeness (QED) is 0.760. The van der Waals surface area contributed by atoms with E-state index in [0.29, 0.717) is 42.0 Å². The maximum atomic E-state index is 12.9. The Hall–Kier alpha value is -2.00. The molecular formula is C18H21ClN4O3S. The maximum absolute atomic E-state index is 12.9. The van der Waals surface area contributed by atoms with Gasteiger partial charge in [-0.1, -0.05) is 11.6 Å². The van der Waals surface area contributed by atoms with E-state index in [4.69, 9.17) is 16.3 Å². The van der Waals surface area contributed by atoms with Crippen LogP contribution in [-0.4, -0.2) is 72.5 Å². The fourth-order valence-electron chi connectivity index (χ4n) is 2.73. The summed E-state index contributed by atoms with van der Waals surface area (Å²) in [6, 6.07) is 6.69. The van der Waals surface area contributed by atoms with Crippen LogP contribution in [0.1, 0.15) is 10.4 Å². The molecule has 1 fully saturated rings. The third kappa shape index (κ3) is 6.00. The summed E-state index contributed by atoms with van der Waals surface area (Å²) in [5, 5.41) is 5.59. The summed E-state index contributed by atoms with van der Waals surface area (Å²) >= 11 is 7.25. The number of amides is 2. The summed E-state index contributed by atoms with van der Waals surface area (Å²) in [7, 11) is 0.